The Morgan fingerprint density at radius 3 is 2.38 bits per heavy atom. The van der Waals surface area contributed by atoms with Gasteiger partial charge in [-0.1, -0.05) is 20.3 Å². The Morgan fingerprint density at radius 1 is 1.31 bits per heavy atom. The van der Waals surface area contributed by atoms with Crippen molar-refractivity contribution in [2.75, 3.05) is 6.54 Å². The number of hydrogen-bond donors (Lipinski definition) is 3. The minimum absolute atomic E-state index is 0.117. The van der Waals surface area contributed by atoms with Crippen LogP contribution < -0.4 is 5.32 Å². The predicted octanol–water partition coefficient (Wildman–Crippen LogP) is 1.87. The number of hydrogen-bond acceptors (Lipinski definition) is 3. The molecule has 0 saturated heterocycles. The molecule has 0 aliphatic heterocycles. The Kier molecular flexibility index (Phi) is 4.17. The van der Waals surface area contributed by atoms with Crippen molar-refractivity contribution in [1.82, 2.24) is 5.32 Å². The molecule has 0 heterocycles. The van der Waals surface area contributed by atoms with Crippen molar-refractivity contribution >= 4 is 5.91 Å². The third-order valence-electron chi connectivity index (χ3n) is 2.47. The number of carbonyl (C=O) groups excluding carboxylic acids is 1. The zero-order chi connectivity index (χ0) is 12.1. The quantitative estimate of drug-likeness (QED) is 0.729. The first-order valence-corrected chi connectivity index (χ1v) is 5.34. The Labute approximate surface area is 94.9 Å². The number of nitrogens with one attached hydrogen (secondary N) is 1. The molecule has 16 heavy (non-hydrogen) atoms. The Morgan fingerprint density at radius 2 is 1.88 bits per heavy atom. The second-order valence-electron chi connectivity index (χ2n) is 3.96. The second-order valence-corrected chi connectivity index (χ2v) is 3.96. The van der Waals surface area contributed by atoms with Gasteiger partial charge in [0, 0.05) is 18.2 Å². The number of amides is 1. The molecule has 1 atom stereocenters. The molecule has 0 aliphatic carbocycles. The SMILES string of the molecule is CCC(C)CNC(=O)c1cc(O)cc(O)c1. The first-order valence-electron chi connectivity index (χ1n) is 5.34. The minimum Gasteiger partial charge on any atom is -0.508 e. The summed E-state index contributed by atoms with van der Waals surface area (Å²) < 4.78 is 0. The van der Waals surface area contributed by atoms with E-state index >= 15 is 0 Å². The van der Waals surface area contributed by atoms with Gasteiger partial charge in [-0.15, -0.1) is 0 Å². The van der Waals surface area contributed by atoms with Gasteiger partial charge in [-0.05, 0) is 18.1 Å². The van der Waals surface area contributed by atoms with Crippen molar-refractivity contribution < 1.29 is 15.0 Å². The summed E-state index contributed by atoms with van der Waals surface area (Å²) in [4.78, 5) is 11.6. The van der Waals surface area contributed by atoms with Gasteiger partial charge in [0.1, 0.15) is 11.5 Å². The summed E-state index contributed by atoms with van der Waals surface area (Å²) in [5.74, 6) is -0.108. The van der Waals surface area contributed by atoms with Crippen molar-refractivity contribution in [3.63, 3.8) is 0 Å². The van der Waals surface area contributed by atoms with E-state index in [1.165, 1.54) is 18.2 Å². The summed E-state index contributed by atoms with van der Waals surface area (Å²) in [6.07, 6.45) is 0.992. The van der Waals surface area contributed by atoms with E-state index < -0.39 is 0 Å². The molecule has 0 fully saturated rings. The van der Waals surface area contributed by atoms with E-state index in [4.69, 9.17) is 0 Å². The van der Waals surface area contributed by atoms with E-state index in [9.17, 15) is 15.0 Å². The van der Waals surface area contributed by atoms with Gasteiger partial charge in [0.2, 0.25) is 0 Å². The van der Waals surface area contributed by atoms with Gasteiger partial charge < -0.3 is 15.5 Å². The van der Waals surface area contributed by atoms with Crippen LogP contribution in [0.3, 0.4) is 0 Å². The molecule has 0 bridgehead atoms. The minimum atomic E-state index is -0.286. The smallest absolute Gasteiger partial charge is 0.251 e. The molecular weight excluding hydrogens is 206 g/mol. The summed E-state index contributed by atoms with van der Waals surface area (Å²) in [5, 5.41) is 21.2. The number of phenolic OH excluding ortho intramolecular Hbond substituents is 2. The molecule has 0 spiro atoms. The van der Waals surface area contributed by atoms with Crippen molar-refractivity contribution in [2.24, 2.45) is 5.92 Å². The monoisotopic (exact) mass is 223 g/mol. The topological polar surface area (TPSA) is 69.6 Å². The molecule has 88 valence electrons. The number of phenols is 2. The van der Waals surface area contributed by atoms with Crippen LogP contribution in [0.5, 0.6) is 11.5 Å². The molecule has 1 amide bonds. The van der Waals surface area contributed by atoms with E-state index in [2.05, 4.69) is 12.2 Å². The van der Waals surface area contributed by atoms with Gasteiger partial charge in [0.25, 0.3) is 5.91 Å². The zero-order valence-electron chi connectivity index (χ0n) is 9.53. The van der Waals surface area contributed by atoms with Crippen LogP contribution in [-0.4, -0.2) is 22.7 Å². The highest BCUT2D eigenvalue weighted by atomic mass is 16.3. The van der Waals surface area contributed by atoms with Crippen LogP contribution in [0.15, 0.2) is 18.2 Å². The molecule has 0 radical (unpaired) electrons. The maximum absolute atomic E-state index is 11.6. The van der Waals surface area contributed by atoms with Crippen molar-refractivity contribution in [2.45, 2.75) is 20.3 Å². The summed E-state index contributed by atoms with van der Waals surface area (Å²) >= 11 is 0. The van der Waals surface area contributed by atoms with Crippen LogP contribution >= 0.6 is 0 Å². The fraction of sp³-hybridized carbons (Fsp3) is 0.417. The van der Waals surface area contributed by atoms with Crippen molar-refractivity contribution in [1.29, 1.82) is 0 Å². The molecule has 1 aromatic rings. The Balaban J connectivity index is 2.66. The Hall–Kier alpha value is -1.71. The van der Waals surface area contributed by atoms with E-state index in [0.29, 0.717) is 12.5 Å². The van der Waals surface area contributed by atoms with Crippen LogP contribution in [0.4, 0.5) is 0 Å². The van der Waals surface area contributed by atoms with Crippen LogP contribution in [0.2, 0.25) is 0 Å². The van der Waals surface area contributed by atoms with Crippen molar-refractivity contribution in [3.8, 4) is 11.5 Å². The predicted molar refractivity (Wildman–Crippen MR) is 61.6 cm³/mol. The molecule has 4 nitrogen and oxygen atoms in total. The first-order chi connectivity index (χ1) is 7.52. The van der Waals surface area contributed by atoms with Crippen molar-refractivity contribution in [3.05, 3.63) is 23.8 Å². The lowest BCUT2D eigenvalue weighted by Crippen LogP contribution is -2.27. The van der Waals surface area contributed by atoms with Gasteiger partial charge in [-0.3, -0.25) is 4.79 Å². The molecule has 1 unspecified atom stereocenters. The second kappa shape index (κ2) is 5.39. The van der Waals surface area contributed by atoms with Gasteiger partial charge in [0.15, 0.2) is 0 Å². The molecular formula is C12H17NO3. The lowest BCUT2D eigenvalue weighted by molar-refractivity contribution is 0.0947. The highest BCUT2D eigenvalue weighted by Gasteiger charge is 2.09. The molecule has 1 rings (SSSR count). The molecule has 3 N–H and O–H groups in total. The average molecular weight is 223 g/mol. The first kappa shape index (κ1) is 12.4. The fourth-order valence-corrected chi connectivity index (χ4v) is 1.24. The number of rotatable bonds is 4. The summed E-state index contributed by atoms with van der Waals surface area (Å²) in [5.41, 5.74) is 0.265. The molecule has 4 heteroatoms. The van der Waals surface area contributed by atoms with Gasteiger partial charge in [-0.25, -0.2) is 0 Å². The highest BCUT2D eigenvalue weighted by Crippen LogP contribution is 2.20. The summed E-state index contributed by atoms with van der Waals surface area (Å²) in [6.45, 7) is 4.68. The molecule has 1 aromatic carbocycles. The lowest BCUT2D eigenvalue weighted by atomic mass is 10.1. The van der Waals surface area contributed by atoms with Gasteiger partial charge in [-0.2, -0.15) is 0 Å². The van der Waals surface area contributed by atoms with E-state index in [1.807, 2.05) is 6.92 Å². The average Bonchev–Trinajstić information content (AvgIpc) is 2.23. The maximum atomic E-state index is 11.6. The van der Waals surface area contributed by atoms with Gasteiger partial charge in [0.05, 0.1) is 0 Å². The number of carbonyl (C=O) groups is 1. The number of aromatic hydroxyl groups is 2. The van der Waals surface area contributed by atoms with Crippen LogP contribution in [-0.2, 0) is 0 Å². The van der Waals surface area contributed by atoms with Crippen LogP contribution in [0, 0.1) is 5.92 Å². The molecule has 0 saturated carbocycles. The highest BCUT2D eigenvalue weighted by molar-refractivity contribution is 5.95. The third-order valence-corrected chi connectivity index (χ3v) is 2.47. The van der Waals surface area contributed by atoms with E-state index in [0.717, 1.165) is 6.42 Å². The number of benzene rings is 1. The summed E-state index contributed by atoms with van der Waals surface area (Å²) in [6, 6.07) is 3.84. The van der Waals surface area contributed by atoms with Crippen LogP contribution in [0.25, 0.3) is 0 Å². The van der Waals surface area contributed by atoms with E-state index in [1.54, 1.807) is 0 Å². The third kappa shape index (κ3) is 3.46. The fourth-order valence-electron chi connectivity index (χ4n) is 1.24. The molecule has 0 aliphatic rings. The van der Waals surface area contributed by atoms with E-state index in [-0.39, 0.29) is 23.0 Å². The Bertz CT molecular complexity index is 356. The van der Waals surface area contributed by atoms with Gasteiger partial charge >= 0.3 is 0 Å². The van der Waals surface area contributed by atoms with Crippen LogP contribution in [0.1, 0.15) is 30.6 Å². The zero-order valence-corrected chi connectivity index (χ0v) is 9.53. The summed E-state index contributed by atoms with van der Waals surface area (Å²) in [7, 11) is 0. The lowest BCUT2D eigenvalue weighted by Gasteiger charge is -2.10. The molecule has 0 aromatic heterocycles. The standard InChI is InChI=1S/C12H17NO3/c1-3-8(2)7-13-12(16)9-4-10(14)6-11(15)5-9/h4-6,8,14-15H,3,7H2,1-2H3,(H,13,16). The normalized spacial score (nSPS) is 12.1. The largest absolute Gasteiger partial charge is 0.508 e. The maximum Gasteiger partial charge on any atom is 0.251 e.